The number of halogens is 3. The van der Waals surface area contributed by atoms with Gasteiger partial charge in [0, 0.05) is 11.6 Å². The van der Waals surface area contributed by atoms with Crippen LogP contribution in [0.3, 0.4) is 0 Å². The number of hydrogen-bond acceptors (Lipinski definition) is 1. The summed E-state index contributed by atoms with van der Waals surface area (Å²) in [6.45, 7) is 0. The van der Waals surface area contributed by atoms with Gasteiger partial charge in [0.05, 0.1) is 0 Å². The van der Waals surface area contributed by atoms with E-state index in [2.05, 4.69) is 0 Å². The second-order valence-electron chi connectivity index (χ2n) is 3.51. The van der Waals surface area contributed by atoms with Crippen molar-refractivity contribution >= 4 is 6.29 Å². The molecule has 0 amide bonds. The number of hydrogen-bond donors (Lipinski definition) is 0. The van der Waals surface area contributed by atoms with Crippen LogP contribution in [0.1, 0.15) is 10.4 Å². The van der Waals surface area contributed by atoms with E-state index in [4.69, 9.17) is 0 Å². The molecule has 2 aromatic carbocycles. The van der Waals surface area contributed by atoms with Gasteiger partial charge in [0.2, 0.25) is 0 Å². The third-order valence-corrected chi connectivity index (χ3v) is 2.32. The lowest BCUT2D eigenvalue weighted by molar-refractivity contribution is 0.112. The zero-order chi connectivity index (χ0) is 12.4. The van der Waals surface area contributed by atoms with Crippen LogP contribution in [0, 0.1) is 17.5 Å². The van der Waals surface area contributed by atoms with Gasteiger partial charge in [0.15, 0.2) is 6.29 Å². The summed E-state index contributed by atoms with van der Waals surface area (Å²) in [6, 6.07) is 6.25. The first-order valence-corrected chi connectivity index (χ1v) is 4.81. The van der Waals surface area contributed by atoms with Crippen LogP contribution in [0.2, 0.25) is 0 Å². The summed E-state index contributed by atoms with van der Waals surface area (Å²) in [6.07, 6.45) is 0.511. The third kappa shape index (κ3) is 2.36. The molecule has 4 heteroatoms. The Kier molecular flexibility index (Phi) is 2.95. The number of carbonyl (C=O) groups is 1. The molecule has 0 saturated carbocycles. The van der Waals surface area contributed by atoms with Gasteiger partial charge in [-0.15, -0.1) is 0 Å². The van der Waals surface area contributed by atoms with Crippen LogP contribution in [-0.2, 0) is 0 Å². The highest BCUT2D eigenvalue weighted by molar-refractivity contribution is 5.87. The van der Waals surface area contributed by atoms with E-state index in [9.17, 15) is 18.0 Å². The Hall–Kier alpha value is -2.10. The van der Waals surface area contributed by atoms with E-state index in [0.717, 1.165) is 24.3 Å². The molecular formula is C13H7F3O. The average molecular weight is 236 g/mol. The molecule has 1 nitrogen and oxygen atoms in total. The minimum atomic E-state index is -0.777. The van der Waals surface area contributed by atoms with Crippen molar-refractivity contribution in [3.8, 4) is 11.1 Å². The molecule has 0 bridgehead atoms. The largest absolute Gasteiger partial charge is 0.298 e. The van der Waals surface area contributed by atoms with Crippen molar-refractivity contribution in [2.75, 3.05) is 0 Å². The summed E-state index contributed by atoms with van der Waals surface area (Å²) in [5.74, 6) is -2.13. The molecular weight excluding hydrogens is 229 g/mol. The van der Waals surface area contributed by atoms with Crippen molar-refractivity contribution < 1.29 is 18.0 Å². The van der Waals surface area contributed by atoms with Crippen molar-refractivity contribution in [1.29, 1.82) is 0 Å². The topological polar surface area (TPSA) is 17.1 Å². The summed E-state index contributed by atoms with van der Waals surface area (Å²) in [7, 11) is 0. The van der Waals surface area contributed by atoms with Crippen LogP contribution in [0.4, 0.5) is 13.2 Å². The maximum Gasteiger partial charge on any atom is 0.150 e. The van der Waals surface area contributed by atoms with E-state index in [1.54, 1.807) is 0 Å². The summed E-state index contributed by atoms with van der Waals surface area (Å²) < 4.78 is 39.1. The second kappa shape index (κ2) is 4.41. The normalized spacial score (nSPS) is 10.3. The fourth-order valence-corrected chi connectivity index (χ4v) is 1.59. The van der Waals surface area contributed by atoms with Crippen molar-refractivity contribution in [1.82, 2.24) is 0 Å². The maximum absolute atomic E-state index is 13.1. The molecule has 0 aliphatic carbocycles. The molecule has 0 aliphatic heterocycles. The molecule has 0 N–H and O–H groups in total. The second-order valence-corrected chi connectivity index (χ2v) is 3.51. The zero-order valence-electron chi connectivity index (χ0n) is 8.58. The minimum absolute atomic E-state index is 0.129. The molecule has 0 saturated heterocycles. The summed E-state index contributed by atoms with van der Waals surface area (Å²) in [5.41, 5.74) is 0.471. The van der Waals surface area contributed by atoms with Crippen LogP contribution in [0.15, 0.2) is 36.4 Å². The van der Waals surface area contributed by atoms with Crippen molar-refractivity contribution in [3.63, 3.8) is 0 Å². The molecule has 0 aliphatic rings. The predicted octanol–water partition coefficient (Wildman–Crippen LogP) is 3.58. The molecule has 0 spiro atoms. The lowest BCUT2D eigenvalue weighted by atomic mass is 10.00. The first-order valence-electron chi connectivity index (χ1n) is 4.81. The maximum atomic E-state index is 13.1. The third-order valence-electron chi connectivity index (χ3n) is 2.32. The molecule has 2 rings (SSSR count). The lowest BCUT2D eigenvalue weighted by Crippen LogP contribution is -1.91. The Labute approximate surface area is 95.5 Å². The number of rotatable bonds is 2. The Balaban J connectivity index is 2.66. The summed E-state index contributed by atoms with van der Waals surface area (Å²) in [4.78, 5) is 10.8. The molecule has 86 valence electrons. The van der Waals surface area contributed by atoms with Gasteiger partial charge in [-0.1, -0.05) is 0 Å². The number of benzene rings is 2. The van der Waals surface area contributed by atoms with Gasteiger partial charge in [-0.05, 0) is 41.5 Å². The quantitative estimate of drug-likeness (QED) is 0.728. The van der Waals surface area contributed by atoms with Gasteiger partial charge in [-0.3, -0.25) is 4.79 Å². The predicted molar refractivity (Wildman–Crippen MR) is 57.1 cm³/mol. The molecule has 0 fully saturated rings. The molecule has 0 unspecified atom stereocenters. The Morgan fingerprint density at radius 2 is 1.47 bits per heavy atom. The van der Waals surface area contributed by atoms with Crippen LogP contribution in [0.25, 0.3) is 11.1 Å². The van der Waals surface area contributed by atoms with E-state index in [0.29, 0.717) is 12.4 Å². The zero-order valence-corrected chi connectivity index (χ0v) is 8.58. The standard InChI is InChI=1S/C13H7F3O/c14-10-2-1-8(7-17)13(6-10)9-3-11(15)5-12(16)4-9/h1-7H. The Morgan fingerprint density at radius 1 is 0.824 bits per heavy atom. The van der Waals surface area contributed by atoms with E-state index in [-0.39, 0.29) is 16.7 Å². The molecule has 0 atom stereocenters. The van der Waals surface area contributed by atoms with Gasteiger partial charge < -0.3 is 0 Å². The van der Waals surface area contributed by atoms with E-state index >= 15 is 0 Å². The smallest absolute Gasteiger partial charge is 0.150 e. The van der Waals surface area contributed by atoms with Crippen molar-refractivity contribution in [2.45, 2.75) is 0 Å². The highest BCUT2D eigenvalue weighted by Crippen LogP contribution is 2.25. The number of aldehydes is 1. The molecule has 2 aromatic rings. The van der Waals surface area contributed by atoms with Gasteiger partial charge in [-0.25, -0.2) is 13.2 Å². The summed E-state index contributed by atoms with van der Waals surface area (Å²) >= 11 is 0. The molecule has 0 aromatic heterocycles. The highest BCUT2D eigenvalue weighted by atomic mass is 19.1. The van der Waals surface area contributed by atoms with Gasteiger partial charge in [0.25, 0.3) is 0 Å². The van der Waals surface area contributed by atoms with E-state index < -0.39 is 17.5 Å². The highest BCUT2D eigenvalue weighted by Gasteiger charge is 2.09. The average Bonchev–Trinajstić information content (AvgIpc) is 2.27. The Bertz CT molecular complexity index is 559. The molecule has 0 heterocycles. The fraction of sp³-hybridized carbons (Fsp3) is 0. The van der Waals surface area contributed by atoms with Crippen LogP contribution < -0.4 is 0 Å². The van der Waals surface area contributed by atoms with Crippen LogP contribution in [0.5, 0.6) is 0 Å². The lowest BCUT2D eigenvalue weighted by Gasteiger charge is -2.05. The van der Waals surface area contributed by atoms with E-state index in [1.807, 2.05) is 0 Å². The first-order chi connectivity index (χ1) is 8.10. The SMILES string of the molecule is O=Cc1ccc(F)cc1-c1cc(F)cc(F)c1. The Morgan fingerprint density at radius 3 is 2.06 bits per heavy atom. The van der Waals surface area contributed by atoms with Crippen molar-refractivity contribution in [3.05, 3.63) is 59.4 Å². The van der Waals surface area contributed by atoms with Gasteiger partial charge >= 0.3 is 0 Å². The van der Waals surface area contributed by atoms with Crippen LogP contribution >= 0.6 is 0 Å². The van der Waals surface area contributed by atoms with Gasteiger partial charge in [-0.2, -0.15) is 0 Å². The monoisotopic (exact) mass is 236 g/mol. The van der Waals surface area contributed by atoms with E-state index in [1.165, 1.54) is 6.07 Å². The number of carbonyl (C=O) groups excluding carboxylic acids is 1. The molecule has 17 heavy (non-hydrogen) atoms. The fourth-order valence-electron chi connectivity index (χ4n) is 1.59. The van der Waals surface area contributed by atoms with Gasteiger partial charge in [0.1, 0.15) is 17.5 Å². The minimum Gasteiger partial charge on any atom is -0.298 e. The molecule has 0 radical (unpaired) electrons. The van der Waals surface area contributed by atoms with Crippen LogP contribution in [-0.4, -0.2) is 6.29 Å². The summed E-state index contributed by atoms with van der Waals surface area (Å²) in [5, 5.41) is 0. The van der Waals surface area contributed by atoms with Crippen molar-refractivity contribution in [2.24, 2.45) is 0 Å². The first kappa shape index (κ1) is 11.4.